The zero-order chi connectivity index (χ0) is 17.1. The first-order valence-electron chi connectivity index (χ1n) is 9.00. The molecule has 1 heterocycles. The number of carbonyl (C=O) groups is 1. The minimum atomic E-state index is -0.467. The van der Waals surface area contributed by atoms with Gasteiger partial charge in [-0.2, -0.15) is 0 Å². The molecule has 0 spiro atoms. The van der Waals surface area contributed by atoms with Gasteiger partial charge in [0.15, 0.2) is 6.10 Å². The van der Waals surface area contributed by atoms with Crippen LogP contribution < -0.4 is 10.1 Å². The van der Waals surface area contributed by atoms with E-state index in [2.05, 4.69) is 26.1 Å². The van der Waals surface area contributed by atoms with E-state index in [-0.39, 0.29) is 17.9 Å². The second kappa shape index (κ2) is 7.87. The van der Waals surface area contributed by atoms with Gasteiger partial charge in [-0.1, -0.05) is 26.0 Å². The molecule has 24 heavy (non-hydrogen) atoms. The minimum Gasteiger partial charge on any atom is -0.479 e. The average Bonchev–Trinajstić information content (AvgIpc) is 3.39. The third-order valence-corrected chi connectivity index (χ3v) is 5.55. The molecule has 1 N–H and O–H groups in total. The molecule has 1 aliphatic carbocycles. The summed E-state index contributed by atoms with van der Waals surface area (Å²) < 4.78 is 6.89. The van der Waals surface area contributed by atoms with Crippen molar-refractivity contribution >= 4 is 21.8 Å². The topological polar surface area (TPSA) is 41.6 Å². The summed E-state index contributed by atoms with van der Waals surface area (Å²) in [6.07, 6.45) is 4.33. The van der Waals surface area contributed by atoms with Crippen LogP contribution in [0.1, 0.15) is 39.5 Å². The van der Waals surface area contributed by atoms with Gasteiger partial charge in [-0.15, -0.1) is 0 Å². The molecular formula is C19H27BrN2O2. The smallest absolute Gasteiger partial charge is 0.261 e. The first-order chi connectivity index (χ1) is 11.5. The summed E-state index contributed by atoms with van der Waals surface area (Å²) in [5.74, 6) is 0.837. The number of carbonyl (C=O) groups excluding carboxylic acids is 1. The summed E-state index contributed by atoms with van der Waals surface area (Å²) >= 11 is 3.49. The quantitative estimate of drug-likeness (QED) is 0.801. The summed E-state index contributed by atoms with van der Waals surface area (Å²) in [7, 11) is 0. The van der Waals surface area contributed by atoms with Crippen LogP contribution in [0.15, 0.2) is 28.7 Å². The molecule has 132 valence electrons. The fourth-order valence-corrected chi connectivity index (χ4v) is 3.68. The second-order valence-electron chi connectivity index (χ2n) is 7.26. The second-order valence-corrected chi connectivity index (χ2v) is 8.12. The van der Waals surface area contributed by atoms with Gasteiger partial charge in [-0.3, -0.25) is 4.79 Å². The summed E-state index contributed by atoms with van der Waals surface area (Å²) in [6.45, 7) is 6.26. The Labute approximate surface area is 153 Å². The van der Waals surface area contributed by atoms with Crippen LogP contribution in [0.4, 0.5) is 0 Å². The fraction of sp³-hybridized carbons (Fsp3) is 0.632. The standard InChI is InChI=1S/C19H27BrN2O2/c1-13(2)18(24-17-6-4-3-5-16(17)20)19(23)21-14-9-11-22(12-10-14)15-7-8-15/h3-6,13-15,18H,7-12H2,1-2H3,(H,21,23). The van der Waals surface area contributed by atoms with Gasteiger partial charge in [0, 0.05) is 25.2 Å². The van der Waals surface area contributed by atoms with E-state index in [1.165, 1.54) is 12.8 Å². The van der Waals surface area contributed by atoms with Crippen LogP contribution in [0.2, 0.25) is 0 Å². The van der Waals surface area contributed by atoms with Crippen LogP contribution in [0.25, 0.3) is 0 Å². The van der Waals surface area contributed by atoms with Crippen molar-refractivity contribution in [3.05, 3.63) is 28.7 Å². The molecule has 1 aromatic rings. The molecule has 1 aromatic carbocycles. The Kier molecular flexibility index (Phi) is 5.82. The highest BCUT2D eigenvalue weighted by atomic mass is 79.9. The highest BCUT2D eigenvalue weighted by Gasteiger charge is 2.33. The highest BCUT2D eigenvalue weighted by molar-refractivity contribution is 9.10. The Morgan fingerprint density at radius 2 is 1.88 bits per heavy atom. The maximum atomic E-state index is 12.7. The van der Waals surface area contributed by atoms with Crippen molar-refractivity contribution in [1.29, 1.82) is 0 Å². The number of hydrogen-bond acceptors (Lipinski definition) is 3. The van der Waals surface area contributed by atoms with Gasteiger partial charge in [-0.25, -0.2) is 0 Å². The van der Waals surface area contributed by atoms with E-state index in [9.17, 15) is 4.79 Å². The summed E-state index contributed by atoms with van der Waals surface area (Å²) in [4.78, 5) is 15.3. The first kappa shape index (κ1) is 17.7. The third-order valence-electron chi connectivity index (χ3n) is 4.89. The lowest BCUT2D eigenvalue weighted by atomic mass is 10.0. The summed E-state index contributed by atoms with van der Waals surface area (Å²) in [5.41, 5.74) is 0. The predicted molar refractivity (Wildman–Crippen MR) is 99.2 cm³/mol. The molecular weight excluding hydrogens is 368 g/mol. The van der Waals surface area contributed by atoms with E-state index in [0.29, 0.717) is 0 Å². The van der Waals surface area contributed by atoms with Gasteiger partial charge < -0.3 is 15.0 Å². The van der Waals surface area contributed by atoms with Crippen molar-refractivity contribution < 1.29 is 9.53 Å². The Morgan fingerprint density at radius 1 is 1.21 bits per heavy atom. The lowest BCUT2D eigenvalue weighted by Crippen LogP contribution is -2.50. The van der Waals surface area contributed by atoms with Crippen molar-refractivity contribution in [3.8, 4) is 5.75 Å². The van der Waals surface area contributed by atoms with Gasteiger partial charge >= 0.3 is 0 Å². The zero-order valence-corrected chi connectivity index (χ0v) is 16.1. The molecule has 0 aromatic heterocycles. The fourth-order valence-electron chi connectivity index (χ4n) is 3.30. The van der Waals surface area contributed by atoms with Crippen LogP contribution in [-0.2, 0) is 4.79 Å². The monoisotopic (exact) mass is 394 g/mol. The number of para-hydroxylation sites is 1. The van der Waals surface area contributed by atoms with E-state index in [1.54, 1.807) is 0 Å². The number of likely N-dealkylation sites (tertiary alicyclic amines) is 1. The molecule has 2 fully saturated rings. The van der Waals surface area contributed by atoms with Crippen LogP contribution in [0.5, 0.6) is 5.75 Å². The number of amides is 1. The maximum absolute atomic E-state index is 12.7. The summed E-state index contributed by atoms with van der Waals surface area (Å²) in [5, 5.41) is 3.21. The van der Waals surface area contributed by atoms with E-state index < -0.39 is 6.10 Å². The van der Waals surface area contributed by atoms with Crippen LogP contribution in [0, 0.1) is 5.92 Å². The number of benzene rings is 1. The van der Waals surface area contributed by atoms with Crippen molar-refractivity contribution in [2.24, 2.45) is 5.92 Å². The van der Waals surface area contributed by atoms with Crippen LogP contribution in [0.3, 0.4) is 0 Å². The third kappa shape index (κ3) is 4.51. The maximum Gasteiger partial charge on any atom is 0.261 e. The highest BCUT2D eigenvalue weighted by Crippen LogP contribution is 2.29. The number of nitrogens with zero attached hydrogens (tertiary/aromatic N) is 1. The average molecular weight is 395 g/mol. The van der Waals surface area contributed by atoms with Gasteiger partial charge in [0.1, 0.15) is 5.75 Å². The molecule has 4 nitrogen and oxygen atoms in total. The zero-order valence-electron chi connectivity index (χ0n) is 14.5. The van der Waals surface area contributed by atoms with Crippen molar-refractivity contribution in [2.45, 2.75) is 57.7 Å². The van der Waals surface area contributed by atoms with Crippen molar-refractivity contribution in [2.75, 3.05) is 13.1 Å². The van der Waals surface area contributed by atoms with E-state index in [4.69, 9.17) is 4.74 Å². The molecule has 1 saturated heterocycles. The molecule has 0 bridgehead atoms. The lowest BCUT2D eigenvalue weighted by Gasteiger charge is -2.33. The molecule has 1 aliphatic heterocycles. The molecule has 0 radical (unpaired) electrons. The Bertz CT molecular complexity index is 566. The predicted octanol–water partition coefficient (Wildman–Crippen LogP) is 3.60. The van der Waals surface area contributed by atoms with E-state index in [0.717, 1.165) is 42.2 Å². The van der Waals surface area contributed by atoms with Crippen molar-refractivity contribution in [3.63, 3.8) is 0 Å². The number of halogens is 1. The number of piperidine rings is 1. The summed E-state index contributed by atoms with van der Waals surface area (Å²) in [6, 6.07) is 8.78. The van der Waals surface area contributed by atoms with E-state index in [1.807, 2.05) is 38.1 Å². The van der Waals surface area contributed by atoms with Gasteiger partial charge in [0.05, 0.1) is 4.47 Å². The molecule has 1 atom stereocenters. The van der Waals surface area contributed by atoms with Crippen LogP contribution >= 0.6 is 15.9 Å². The number of nitrogens with one attached hydrogen (secondary N) is 1. The van der Waals surface area contributed by atoms with Crippen LogP contribution in [-0.4, -0.2) is 42.1 Å². The first-order valence-corrected chi connectivity index (χ1v) is 9.79. The molecule has 5 heteroatoms. The lowest BCUT2D eigenvalue weighted by molar-refractivity contribution is -0.130. The Balaban J connectivity index is 1.55. The Hall–Kier alpha value is -1.07. The van der Waals surface area contributed by atoms with E-state index >= 15 is 0 Å². The molecule has 3 rings (SSSR count). The minimum absolute atomic E-state index is 0.00521. The largest absolute Gasteiger partial charge is 0.479 e. The Morgan fingerprint density at radius 3 is 2.46 bits per heavy atom. The molecule has 1 saturated carbocycles. The normalized spacial score (nSPS) is 20.8. The number of rotatable bonds is 6. The SMILES string of the molecule is CC(C)C(Oc1ccccc1Br)C(=O)NC1CCN(C2CC2)CC1. The van der Waals surface area contributed by atoms with Gasteiger partial charge in [0.2, 0.25) is 0 Å². The number of ether oxygens (including phenoxy) is 1. The van der Waals surface area contributed by atoms with Gasteiger partial charge in [0.25, 0.3) is 5.91 Å². The molecule has 1 unspecified atom stereocenters. The van der Waals surface area contributed by atoms with Crippen molar-refractivity contribution in [1.82, 2.24) is 10.2 Å². The molecule has 1 amide bonds. The molecule has 2 aliphatic rings. The van der Waals surface area contributed by atoms with Gasteiger partial charge in [-0.05, 0) is 59.7 Å². The number of hydrogen-bond donors (Lipinski definition) is 1.